The average Bonchev–Trinajstić information content (AvgIpc) is 2.80. The first-order valence-corrected chi connectivity index (χ1v) is 6.17. The molecule has 2 aromatic rings. The summed E-state index contributed by atoms with van der Waals surface area (Å²) in [5, 5.41) is 6.85. The van der Waals surface area contributed by atoms with Crippen LogP contribution in [0.2, 0.25) is 0 Å². The number of amides is 1. The first-order chi connectivity index (χ1) is 9.69. The number of nitrogens with one attached hydrogen (secondary N) is 1. The molecule has 7 nitrogen and oxygen atoms in total. The van der Waals surface area contributed by atoms with E-state index in [1.807, 2.05) is 0 Å². The van der Waals surface area contributed by atoms with Gasteiger partial charge in [-0.25, -0.2) is 9.50 Å². The van der Waals surface area contributed by atoms with Crippen LogP contribution in [0.5, 0.6) is 0 Å². The Labute approximate surface area is 116 Å². The summed E-state index contributed by atoms with van der Waals surface area (Å²) in [5.41, 5.74) is 7.80. The monoisotopic (exact) mass is 275 g/mol. The molecule has 7 heteroatoms. The van der Waals surface area contributed by atoms with Crippen molar-refractivity contribution in [1.29, 1.82) is 0 Å². The van der Waals surface area contributed by atoms with Crippen molar-refractivity contribution < 1.29 is 9.53 Å². The van der Waals surface area contributed by atoms with Crippen LogP contribution in [-0.4, -0.2) is 40.8 Å². The van der Waals surface area contributed by atoms with Crippen molar-refractivity contribution in [2.45, 2.75) is 6.42 Å². The summed E-state index contributed by atoms with van der Waals surface area (Å²) in [6, 6.07) is 0. The molecule has 0 fully saturated rings. The van der Waals surface area contributed by atoms with Gasteiger partial charge in [0.2, 0.25) is 0 Å². The number of carbonyl (C=O) groups is 1. The lowest BCUT2D eigenvalue weighted by Crippen LogP contribution is -2.27. The number of allylic oxidation sites excluding steroid dienone is 1. The van der Waals surface area contributed by atoms with Crippen LogP contribution >= 0.6 is 0 Å². The van der Waals surface area contributed by atoms with Crippen LogP contribution in [0, 0.1) is 0 Å². The largest absolute Gasteiger partial charge is 0.383 e. The maximum Gasteiger partial charge on any atom is 0.253 e. The highest BCUT2D eigenvalue weighted by Gasteiger charge is 2.18. The van der Waals surface area contributed by atoms with Gasteiger partial charge in [-0.1, -0.05) is 6.08 Å². The Kier molecular flexibility index (Phi) is 4.31. The van der Waals surface area contributed by atoms with E-state index >= 15 is 0 Å². The molecule has 2 heterocycles. The van der Waals surface area contributed by atoms with Crippen LogP contribution in [-0.2, 0) is 11.2 Å². The number of nitrogens with zero attached hydrogens (tertiary/aromatic N) is 3. The number of nitrogens with two attached hydrogens (primary N) is 1. The number of ether oxygens (including phenoxy) is 1. The highest BCUT2D eigenvalue weighted by atomic mass is 16.5. The Morgan fingerprint density at radius 3 is 3.15 bits per heavy atom. The van der Waals surface area contributed by atoms with Crippen molar-refractivity contribution in [3.63, 3.8) is 0 Å². The Morgan fingerprint density at radius 1 is 1.65 bits per heavy atom. The maximum atomic E-state index is 12.2. The van der Waals surface area contributed by atoms with E-state index in [2.05, 4.69) is 22.0 Å². The van der Waals surface area contributed by atoms with Crippen LogP contribution in [0.1, 0.15) is 15.9 Å². The molecule has 2 rings (SSSR count). The third kappa shape index (κ3) is 2.62. The van der Waals surface area contributed by atoms with Crippen LogP contribution in [0.3, 0.4) is 0 Å². The molecule has 0 bridgehead atoms. The molecule has 0 atom stereocenters. The van der Waals surface area contributed by atoms with E-state index in [1.54, 1.807) is 23.9 Å². The Morgan fingerprint density at radius 2 is 2.45 bits per heavy atom. The van der Waals surface area contributed by atoms with E-state index < -0.39 is 0 Å². The first kappa shape index (κ1) is 14.0. The zero-order valence-corrected chi connectivity index (χ0v) is 11.3. The number of hydrogen-bond acceptors (Lipinski definition) is 5. The fourth-order valence-electron chi connectivity index (χ4n) is 2.01. The molecule has 0 saturated heterocycles. The van der Waals surface area contributed by atoms with Gasteiger partial charge in [0, 0.05) is 19.9 Å². The summed E-state index contributed by atoms with van der Waals surface area (Å²) in [5.74, 6) is 0.150. The van der Waals surface area contributed by atoms with Crippen molar-refractivity contribution in [2.75, 3.05) is 26.0 Å². The van der Waals surface area contributed by atoms with Gasteiger partial charge in [-0.05, 0) is 12.0 Å². The predicted molar refractivity (Wildman–Crippen MR) is 75.5 cm³/mol. The lowest BCUT2D eigenvalue weighted by molar-refractivity contribution is 0.0936. The number of rotatable bonds is 6. The molecule has 3 N–H and O–H groups in total. The van der Waals surface area contributed by atoms with Crippen molar-refractivity contribution in [1.82, 2.24) is 19.9 Å². The molecule has 0 aliphatic heterocycles. The number of fused-ring (bicyclic) bond motifs is 1. The topological polar surface area (TPSA) is 94.5 Å². The third-order valence-electron chi connectivity index (χ3n) is 2.89. The van der Waals surface area contributed by atoms with Gasteiger partial charge >= 0.3 is 0 Å². The Bertz CT molecular complexity index is 635. The standard InChI is InChI=1S/C13H17N5O2/c1-3-4-9-10(13(19)15-5-6-20-2)7-18-11(9)12(14)16-8-17-18/h3,7-8H,1,4-6H2,2H3,(H,15,19)(H2,14,16,17). The maximum absolute atomic E-state index is 12.2. The minimum Gasteiger partial charge on any atom is -0.383 e. The zero-order valence-electron chi connectivity index (χ0n) is 11.3. The lowest BCUT2D eigenvalue weighted by Gasteiger charge is -2.05. The van der Waals surface area contributed by atoms with Crippen LogP contribution in [0.15, 0.2) is 25.2 Å². The molecule has 0 saturated carbocycles. The van der Waals surface area contributed by atoms with Gasteiger partial charge in [-0.2, -0.15) is 5.10 Å². The van der Waals surface area contributed by atoms with E-state index in [-0.39, 0.29) is 5.91 Å². The van der Waals surface area contributed by atoms with Gasteiger partial charge in [0.25, 0.3) is 5.91 Å². The number of carbonyl (C=O) groups excluding carboxylic acids is 1. The molecule has 1 amide bonds. The molecule has 0 radical (unpaired) electrons. The second kappa shape index (κ2) is 6.16. The van der Waals surface area contributed by atoms with Crippen LogP contribution in [0.4, 0.5) is 5.82 Å². The van der Waals surface area contributed by atoms with Gasteiger partial charge in [-0.3, -0.25) is 4.79 Å². The Balaban J connectivity index is 2.41. The molecule has 0 aliphatic carbocycles. The number of anilines is 1. The van der Waals surface area contributed by atoms with Gasteiger partial charge in [-0.15, -0.1) is 6.58 Å². The highest BCUT2D eigenvalue weighted by Crippen LogP contribution is 2.22. The smallest absolute Gasteiger partial charge is 0.253 e. The van der Waals surface area contributed by atoms with E-state index in [1.165, 1.54) is 6.33 Å². The molecule has 0 aromatic carbocycles. The normalized spacial score (nSPS) is 10.7. The van der Waals surface area contributed by atoms with E-state index in [4.69, 9.17) is 10.5 Å². The van der Waals surface area contributed by atoms with E-state index in [9.17, 15) is 4.79 Å². The molecular formula is C13H17N5O2. The molecular weight excluding hydrogens is 258 g/mol. The van der Waals surface area contributed by atoms with Crippen LogP contribution in [0.25, 0.3) is 5.52 Å². The molecule has 0 aliphatic rings. The third-order valence-corrected chi connectivity index (χ3v) is 2.89. The van der Waals surface area contributed by atoms with Crippen molar-refractivity contribution in [3.05, 3.63) is 36.3 Å². The minimum atomic E-state index is -0.191. The molecule has 20 heavy (non-hydrogen) atoms. The van der Waals surface area contributed by atoms with Gasteiger partial charge in [0.1, 0.15) is 11.8 Å². The highest BCUT2D eigenvalue weighted by molar-refractivity contribution is 5.99. The molecule has 106 valence electrons. The summed E-state index contributed by atoms with van der Waals surface area (Å²) >= 11 is 0. The van der Waals surface area contributed by atoms with E-state index in [0.29, 0.717) is 36.5 Å². The van der Waals surface area contributed by atoms with E-state index in [0.717, 1.165) is 5.56 Å². The predicted octanol–water partition coefficient (Wildman–Crippen LogP) is 0.416. The Hall–Kier alpha value is -2.41. The molecule has 2 aromatic heterocycles. The second-order valence-electron chi connectivity index (χ2n) is 4.20. The van der Waals surface area contributed by atoms with Crippen molar-refractivity contribution in [3.8, 4) is 0 Å². The fraction of sp³-hybridized carbons (Fsp3) is 0.308. The minimum absolute atomic E-state index is 0.191. The van der Waals surface area contributed by atoms with Crippen molar-refractivity contribution in [2.24, 2.45) is 0 Å². The van der Waals surface area contributed by atoms with Crippen molar-refractivity contribution >= 4 is 17.2 Å². The number of methoxy groups -OCH3 is 1. The summed E-state index contributed by atoms with van der Waals surface area (Å²) in [6.45, 7) is 4.60. The van der Waals surface area contributed by atoms with Gasteiger partial charge < -0.3 is 15.8 Å². The molecule has 0 unspecified atom stereocenters. The second-order valence-corrected chi connectivity index (χ2v) is 4.20. The SMILES string of the molecule is C=CCc1c(C(=O)NCCOC)cn2ncnc(N)c12. The summed E-state index contributed by atoms with van der Waals surface area (Å²) < 4.78 is 6.47. The summed E-state index contributed by atoms with van der Waals surface area (Å²) in [4.78, 5) is 16.2. The van der Waals surface area contributed by atoms with Gasteiger partial charge in [0.05, 0.1) is 12.2 Å². The summed E-state index contributed by atoms with van der Waals surface area (Å²) in [7, 11) is 1.58. The zero-order chi connectivity index (χ0) is 14.5. The number of aromatic nitrogens is 3. The number of nitrogen functional groups attached to an aromatic ring is 1. The average molecular weight is 275 g/mol. The number of hydrogen-bond donors (Lipinski definition) is 2. The quantitative estimate of drug-likeness (QED) is 0.588. The van der Waals surface area contributed by atoms with Crippen LogP contribution < -0.4 is 11.1 Å². The molecule has 0 spiro atoms. The van der Waals surface area contributed by atoms with Gasteiger partial charge in [0.15, 0.2) is 5.82 Å². The fourth-order valence-corrected chi connectivity index (χ4v) is 2.01. The lowest BCUT2D eigenvalue weighted by atomic mass is 10.1. The first-order valence-electron chi connectivity index (χ1n) is 6.17. The summed E-state index contributed by atoms with van der Waals surface area (Å²) in [6.07, 6.45) is 5.23.